The standard InChI is InChI=1S/C26H21N3/c27-25(29-28)18-14-16-20(17-15-18)26(19-8-2-1-3-9-19)23-12-6-4-10-21(23)22-11-5-7-13-24(22)26/h1-17H,28H2,(H2,27,29). The molecule has 0 unspecified atom stereocenters. The molecule has 0 amide bonds. The van der Waals surface area contributed by atoms with Gasteiger partial charge in [0.1, 0.15) is 5.84 Å². The van der Waals surface area contributed by atoms with Gasteiger partial charge in [0.15, 0.2) is 0 Å². The second-order valence-electron chi connectivity index (χ2n) is 7.30. The van der Waals surface area contributed by atoms with Crippen LogP contribution in [0.1, 0.15) is 27.8 Å². The van der Waals surface area contributed by atoms with Crippen molar-refractivity contribution in [1.82, 2.24) is 0 Å². The van der Waals surface area contributed by atoms with Crippen LogP contribution in [0.25, 0.3) is 11.1 Å². The predicted molar refractivity (Wildman–Crippen MR) is 119 cm³/mol. The Morgan fingerprint density at radius 3 is 1.62 bits per heavy atom. The van der Waals surface area contributed by atoms with Crippen LogP contribution in [0.3, 0.4) is 0 Å². The molecule has 140 valence electrons. The maximum absolute atomic E-state index is 5.92. The Morgan fingerprint density at radius 2 is 1.07 bits per heavy atom. The van der Waals surface area contributed by atoms with E-state index in [0.717, 1.165) is 5.56 Å². The van der Waals surface area contributed by atoms with Gasteiger partial charge in [0, 0.05) is 5.56 Å². The molecule has 1 aliphatic rings. The van der Waals surface area contributed by atoms with Crippen LogP contribution in [-0.4, -0.2) is 5.84 Å². The lowest BCUT2D eigenvalue weighted by Crippen LogP contribution is -2.28. The number of amidine groups is 1. The molecule has 3 nitrogen and oxygen atoms in total. The number of nitrogens with two attached hydrogens (primary N) is 2. The number of rotatable bonds is 3. The van der Waals surface area contributed by atoms with Gasteiger partial charge in [-0.1, -0.05) is 103 Å². The topological polar surface area (TPSA) is 64.4 Å². The third-order valence-electron chi connectivity index (χ3n) is 5.91. The van der Waals surface area contributed by atoms with Crippen LogP contribution in [0.4, 0.5) is 0 Å². The lowest BCUT2D eigenvalue weighted by molar-refractivity contribution is 0.768. The summed E-state index contributed by atoms with van der Waals surface area (Å²) in [6.45, 7) is 0. The molecule has 1 aliphatic carbocycles. The molecule has 0 saturated heterocycles. The summed E-state index contributed by atoms with van der Waals surface area (Å²) in [7, 11) is 0. The van der Waals surface area contributed by atoms with Crippen molar-refractivity contribution in [2.24, 2.45) is 16.7 Å². The highest BCUT2D eigenvalue weighted by molar-refractivity contribution is 5.97. The highest BCUT2D eigenvalue weighted by atomic mass is 15.1. The third-order valence-corrected chi connectivity index (χ3v) is 5.91. The van der Waals surface area contributed by atoms with Crippen LogP contribution in [-0.2, 0) is 5.41 Å². The monoisotopic (exact) mass is 375 g/mol. The van der Waals surface area contributed by atoms with Gasteiger partial charge in [0.25, 0.3) is 0 Å². The first-order valence-electron chi connectivity index (χ1n) is 9.66. The first-order chi connectivity index (χ1) is 14.3. The highest BCUT2D eigenvalue weighted by Gasteiger charge is 2.45. The number of fused-ring (bicyclic) bond motifs is 3. The second-order valence-corrected chi connectivity index (χ2v) is 7.30. The molecule has 29 heavy (non-hydrogen) atoms. The molecule has 0 atom stereocenters. The Kier molecular flexibility index (Phi) is 3.95. The van der Waals surface area contributed by atoms with Crippen molar-refractivity contribution in [3.63, 3.8) is 0 Å². The van der Waals surface area contributed by atoms with E-state index in [4.69, 9.17) is 11.6 Å². The van der Waals surface area contributed by atoms with E-state index in [-0.39, 0.29) is 5.41 Å². The van der Waals surface area contributed by atoms with Gasteiger partial charge in [0.05, 0.1) is 5.41 Å². The Hall–Kier alpha value is -3.85. The van der Waals surface area contributed by atoms with Gasteiger partial charge >= 0.3 is 0 Å². The minimum Gasteiger partial charge on any atom is -0.382 e. The van der Waals surface area contributed by atoms with Crippen LogP contribution in [0.15, 0.2) is 108 Å². The van der Waals surface area contributed by atoms with Crippen LogP contribution >= 0.6 is 0 Å². The number of hydrogen-bond acceptors (Lipinski definition) is 2. The van der Waals surface area contributed by atoms with Crippen LogP contribution in [0, 0.1) is 0 Å². The largest absolute Gasteiger partial charge is 0.382 e. The molecule has 0 saturated carbocycles. The van der Waals surface area contributed by atoms with Crippen molar-refractivity contribution in [2.45, 2.75) is 5.41 Å². The maximum atomic E-state index is 5.92. The molecule has 0 fully saturated rings. The van der Waals surface area contributed by atoms with Gasteiger partial charge in [-0.3, -0.25) is 0 Å². The van der Waals surface area contributed by atoms with E-state index >= 15 is 0 Å². The van der Waals surface area contributed by atoms with E-state index < -0.39 is 0 Å². The third kappa shape index (κ3) is 2.41. The normalized spacial score (nSPS) is 14.3. The molecule has 0 bridgehead atoms. The van der Waals surface area contributed by atoms with E-state index in [1.54, 1.807) is 0 Å². The molecule has 0 aromatic heterocycles. The summed E-state index contributed by atoms with van der Waals surface area (Å²) in [5.41, 5.74) is 13.9. The lowest BCUT2D eigenvalue weighted by atomic mass is 9.67. The van der Waals surface area contributed by atoms with Gasteiger partial charge in [0.2, 0.25) is 0 Å². The molecular formula is C26H21N3. The quantitative estimate of drug-likeness (QED) is 0.209. The average Bonchev–Trinajstić information content (AvgIpc) is 3.11. The molecular weight excluding hydrogens is 354 g/mol. The Labute approximate surface area is 170 Å². The molecule has 4 aromatic carbocycles. The molecule has 5 rings (SSSR count). The van der Waals surface area contributed by atoms with Gasteiger partial charge < -0.3 is 11.6 Å². The molecule has 4 aromatic rings. The van der Waals surface area contributed by atoms with Crippen LogP contribution < -0.4 is 11.6 Å². The summed E-state index contributed by atoms with van der Waals surface area (Å²) in [4.78, 5) is 0. The summed E-state index contributed by atoms with van der Waals surface area (Å²) in [6, 6.07) is 36.3. The number of hydrazone groups is 1. The number of hydrogen-bond donors (Lipinski definition) is 2. The summed E-state index contributed by atoms with van der Waals surface area (Å²) < 4.78 is 0. The van der Waals surface area contributed by atoms with E-state index in [1.807, 2.05) is 12.1 Å². The van der Waals surface area contributed by atoms with Crippen molar-refractivity contribution in [3.8, 4) is 11.1 Å². The van der Waals surface area contributed by atoms with Gasteiger partial charge in [-0.2, -0.15) is 5.10 Å². The maximum Gasteiger partial charge on any atom is 0.150 e. The van der Waals surface area contributed by atoms with E-state index in [1.165, 1.54) is 33.4 Å². The number of nitrogens with zero attached hydrogens (tertiary/aromatic N) is 1. The zero-order valence-corrected chi connectivity index (χ0v) is 15.9. The first-order valence-corrected chi connectivity index (χ1v) is 9.66. The summed E-state index contributed by atoms with van der Waals surface area (Å²) in [5, 5.41) is 3.63. The van der Waals surface area contributed by atoms with Gasteiger partial charge in [-0.25, -0.2) is 0 Å². The zero-order valence-electron chi connectivity index (χ0n) is 15.9. The molecule has 0 aliphatic heterocycles. The van der Waals surface area contributed by atoms with E-state index in [9.17, 15) is 0 Å². The lowest BCUT2D eigenvalue weighted by Gasteiger charge is -2.34. The SMILES string of the molecule is N/N=C(\N)c1ccc(C2(c3ccccc3)c3ccccc3-c3ccccc32)cc1. The smallest absolute Gasteiger partial charge is 0.150 e. The fourth-order valence-electron chi connectivity index (χ4n) is 4.68. The molecule has 0 spiro atoms. The van der Waals surface area contributed by atoms with Gasteiger partial charge in [-0.05, 0) is 33.4 Å². The Morgan fingerprint density at radius 1 is 0.586 bits per heavy atom. The molecule has 0 heterocycles. The van der Waals surface area contributed by atoms with Crippen LogP contribution in [0.5, 0.6) is 0 Å². The van der Waals surface area contributed by atoms with Crippen molar-refractivity contribution >= 4 is 5.84 Å². The fourth-order valence-corrected chi connectivity index (χ4v) is 4.68. The molecule has 4 N–H and O–H groups in total. The summed E-state index contributed by atoms with van der Waals surface area (Å²) in [6.07, 6.45) is 0. The van der Waals surface area contributed by atoms with Crippen molar-refractivity contribution < 1.29 is 0 Å². The summed E-state index contributed by atoms with van der Waals surface area (Å²) in [5.74, 6) is 5.70. The average molecular weight is 375 g/mol. The fraction of sp³-hybridized carbons (Fsp3) is 0.0385. The Balaban J connectivity index is 1.87. The molecule has 3 heteroatoms. The van der Waals surface area contributed by atoms with E-state index in [2.05, 4.69) is 96.1 Å². The minimum absolute atomic E-state index is 0.331. The first kappa shape index (κ1) is 17.3. The highest BCUT2D eigenvalue weighted by Crippen LogP contribution is 2.55. The summed E-state index contributed by atoms with van der Waals surface area (Å²) >= 11 is 0. The molecule has 0 radical (unpaired) electrons. The zero-order chi connectivity index (χ0) is 19.8. The Bertz CT molecular complexity index is 1160. The van der Waals surface area contributed by atoms with E-state index in [0.29, 0.717) is 5.84 Å². The van der Waals surface area contributed by atoms with Crippen molar-refractivity contribution in [2.75, 3.05) is 0 Å². The minimum atomic E-state index is -0.387. The van der Waals surface area contributed by atoms with Gasteiger partial charge in [-0.15, -0.1) is 0 Å². The number of benzene rings is 4. The van der Waals surface area contributed by atoms with Crippen LogP contribution in [0.2, 0.25) is 0 Å². The van der Waals surface area contributed by atoms with Crippen molar-refractivity contribution in [1.29, 1.82) is 0 Å². The van der Waals surface area contributed by atoms with Crippen molar-refractivity contribution in [3.05, 3.63) is 131 Å². The predicted octanol–water partition coefficient (Wildman–Crippen LogP) is 4.63. The second kappa shape index (κ2) is 6.64.